The number of urea groups is 1. The van der Waals surface area contributed by atoms with E-state index in [9.17, 15) is 22.8 Å². The Bertz CT molecular complexity index is 792. The van der Waals surface area contributed by atoms with Gasteiger partial charge >= 0.3 is 12.2 Å². The zero-order chi connectivity index (χ0) is 19.9. The fourth-order valence-electron chi connectivity index (χ4n) is 2.10. The molecule has 0 aliphatic carbocycles. The molecular formula is C18H18F3N3O3. The van der Waals surface area contributed by atoms with Crippen molar-refractivity contribution in [2.24, 2.45) is 0 Å². The molecule has 0 aliphatic rings. The van der Waals surface area contributed by atoms with Gasteiger partial charge in [0, 0.05) is 17.9 Å². The minimum atomic E-state index is -4.43. The first kappa shape index (κ1) is 20.1. The summed E-state index contributed by atoms with van der Waals surface area (Å²) in [5, 5.41) is 7.76. The molecule has 0 atom stereocenters. The molecule has 144 valence electrons. The van der Waals surface area contributed by atoms with E-state index in [4.69, 9.17) is 4.74 Å². The van der Waals surface area contributed by atoms with Gasteiger partial charge in [-0.15, -0.1) is 0 Å². The molecular weight excluding hydrogens is 363 g/mol. The van der Waals surface area contributed by atoms with Crippen LogP contribution in [0.5, 0.6) is 5.75 Å². The second kappa shape index (κ2) is 8.93. The fraction of sp³-hybridized carbons (Fsp3) is 0.222. The second-order valence-corrected chi connectivity index (χ2v) is 5.42. The van der Waals surface area contributed by atoms with E-state index in [0.717, 1.165) is 24.3 Å². The first-order valence-corrected chi connectivity index (χ1v) is 8.02. The van der Waals surface area contributed by atoms with Crippen molar-refractivity contribution in [1.29, 1.82) is 0 Å². The van der Waals surface area contributed by atoms with Crippen molar-refractivity contribution in [2.45, 2.75) is 13.1 Å². The molecule has 2 rings (SSSR count). The normalized spacial score (nSPS) is 10.8. The molecule has 2 aromatic rings. The van der Waals surface area contributed by atoms with Gasteiger partial charge in [-0.05, 0) is 49.4 Å². The highest BCUT2D eigenvalue weighted by Crippen LogP contribution is 2.30. The average molecular weight is 381 g/mol. The summed E-state index contributed by atoms with van der Waals surface area (Å²) < 4.78 is 42.7. The summed E-state index contributed by atoms with van der Waals surface area (Å²) in [7, 11) is 0. The third-order valence-corrected chi connectivity index (χ3v) is 3.29. The number of ether oxygens (including phenoxy) is 1. The van der Waals surface area contributed by atoms with E-state index in [0.29, 0.717) is 17.9 Å². The maximum Gasteiger partial charge on any atom is 0.416 e. The SMILES string of the molecule is CCNC(=O)Nc1cccc(NC(=O)COc2ccc(C(F)(F)F)cc2)c1. The monoisotopic (exact) mass is 381 g/mol. The van der Waals surface area contributed by atoms with Crippen LogP contribution in [-0.2, 0) is 11.0 Å². The Hall–Kier alpha value is -3.23. The highest BCUT2D eigenvalue weighted by Gasteiger charge is 2.30. The predicted molar refractivity (Wildman–Crippen MR) is 94.7 cm³/mol. The summed E-state index contributed by atoms with van der Waals surface area (Å²) in [6.45, 7) is 1.88. The number of benzene rings is 2. The van der Waals surface area contributed by atoms with E-state index >= 15 is 0 Å². The van der Waals surface area contributed by atoms with Gasteiger partial charge in [-0.1, -0.05) is 6.07 Å². The van der Waals surface area contributed by atoms with E-state index < -0.39 is 17.6 Å². The maximum absolute atomic E-state index is 12.5. The topological polar surface area (TPSA) is 79.5 Å². The van der Waals surface area contributed by atoms with Crippen LogP contribution < -0.4 is 20.7 Å². The molecule has 27 heavy (non-hydrogen) atoms. The number of carbonyl (C=O) groups excluding carboxylic acids is 2. The lowest BCUT2D eigenvalue weighted by Crippen LogP contribution is -2.28. The van der Waals surface area contributed by atoms with Crippen LogP contribution in [0.2, 0.25) is 0 Å². The fourth-order valence-corrected chi connectivity index (χ4v) is 2.10. The van der Waals surface area contributed by atoms with Crippen LogP contribution >= 0.6 is 0 Å². The third kappa shape index (κ3) is 6.53. The van der Waals surface area contributed by atoms with E-state index in [1.165, 1.54) is 0 Å². The van der Waals surface area contributed by atoms with Gasteiger partial charge in [0.15, 0.2) is 6.61 Å². The van der Waals surface area contributed by atoms with Crippen LogP contribution in [0.1, 0.15) is 12.5 Å². The first-order valence-electron chi connectivity index (χ1n) is 8.02. The summed E-state index contributed by atoms with van der Waals surface area (Å²) in [4.78, 5) is 23.4. The number of alkyl halides is 3. The zero-order valence-corrected chi connectivity index (χ0v) is 14.4. The second-order valence-electron chi connectivity index (χ2n) is 5.42. The Morgan fingerprint density at radius 1 is 1.00 bits per heavy atom. The minimum absolute atomic E-state index is 0.143. The molecule has 0 unspecified atom stereocenters. The molecule has 2 aromatic carbocycles. The van der Waals surface area contributed by atoms with E-state index in [2.05, 4.69) is 16.0 Å². The molecule has 0 aliphatic heterocycles. The van der Waals surface area contributed by atoms with Crippen molar-refractivity contribution in [3.05, 3.63) is 54.1 Å². The van der Waals surface area contributed by atoms with Crippen LogP contribution in [-0.4, -0.2) is 25.1 Å². The van der Waals surface area contributed by atoms with Gasteiger partial charge in [-0.25, -0.2) is 4.79 Å². The first-order chi connectivity index (χ1) is 12.8. The van der Waals surface area contributed by atoms with E-state index in [1.807, 2.05) is 0 Å². The number of nitrogens with one attached hydrogen (secondary N) is 3. The van der Waals surface area contributed by atoms with Gasteiger partial charge < -0.3 is 20.7 Å². The van der Waals surface area contributed by atoms with Gasteiger partial charge in [0.25, 0.3) is 5.91 Å². The van der Waals surface area contributed by atoms with Crippen LogP contribution in [0.4, 0.5) is 29.3 Å². The number of halogens is 3. The molecule has 0 fully saturated rings. The molecule has 9 heteroatoms. The van der Waals surface area contributed by atoms with E-state index in [1.54, 1.807) is 31.2 Å². The third-order valence-electron chi connectivity index (χ3n) is 3.29. The van der Waals surface area contributed by atoms with Gasteiger partial charge in [-0.3, -0.25) is 4.79 Å². The Balaban J connectivity index is 1.87. The summed E-state index contributed by atoms with van der Waals surface area (Å²) in [5.74, 6) is -0.352. The van der Waals surface area contributed by atoms with Crippen molar-refractivity contribution >= 4 is 23.3 Å². The number of anilines is 2. The molecule has 0 bridgehead atoms. The van der Waals surface area contributed by atoms with Crippen molar-refractivity contribution in [3.63, 3.8) is 0 Å². The Morgan fingerprint density at radius 2 is 1.63 bits per heavy atom. The van der Waals surface area contributed by atoms with Crippen LogP contribution in [0.3, 0.4) is 0 Å². The molecule has 0 saturated carbocycles. The van der Waals surface area contributed by atoms with Gasteiger partial charge in [-0.2, -0.15) is 13.2 Å². The van der Waals surface area contributed by atoms with Gasteiger partial charge in [0.2, 0.25) is 0 Å². The van der Waals surface area contributed by atoms with Crippen molar-refractivity contribution in [2.75, 3.05) is 23.8 Å². The minimum Gasteiger partial charge on any atom is -0.484 e. The zero-order valence-electron chi connectivity index (χ0n) is 14.4. The number of amides is 3. The lowest BCUT2D eigenvalue weighted by Gasteiger charge is -2.11. The Kier molecular flexibility index (Phi) is 6.64. The lowest BCUT2D eigenvalue weighted by molar-refractivity contribution is -0.137. The number of hydrogen-bond donors (Lipinski definition) is 3. The quantitative estimate of drug-likeness (QED) is 0.711. The molecule has 0 aromatic heterocycles. The molecule has 0 radical (unpaired) electrons. The molecule has 0 saturated heterocycles. The number of carbonyl (C=O) groups is 2. The summed E-state index contributed by atoms with van der Waals surface area (Å²) >= 11 is 0. The van der Waals surface area contributed by atoms with Crippen LogP contribution in [0.15, 0.2) is 48.5 Å². The summed E-state index contributed by atoms with van der Waals surface area (Å²) in [6, 6.07) is 10.2. The largest absolute Gasteiger partial charge is 0.484 e. The van der Waals surface area contributed by atoms with Crippen molar-refractivity contribution in [3.8, 4) is 5.75 Å². The molecule has 0 spiro atoms. The average Bonchev–Trinajstić information content (AvgIpc) is 2.60. The van der Waals surface area contributed by atoms with Crippen LogP contribution in [0, 0.1) is 0 Å². The smallest absolute Gasteiger partial charge is 0.416 e. The summed E-state index contributed by atoms with van der Waals surface area (Å²) in [6.07, 6.45) is -4.43. The van der Waals surface area contributed by atoms with Gasteiger partial charge in [0.1, 0.15) is 5.75 Å². The maximum atomic E-state index is 12.5. The van der Waals surface area contributed by atoms with Gasteiger partial charge in [0.05, 0.1) is 5.56 Å². The number of hydrogen-bond acceptors (Lipinski definition) is 3. The molecule has 3 N–H and O–H groups in total. The standard InChI is InChI=1S/C18H18F3N3O3/c1-2-22-17(26)24-14-5-3-4-13(10-14)23-16(25)11-27-15-8-6-12(7-9-15)18(19,20)21/h3-10H,2,11H2,1H3,(H,23,25)(H2,22,24,26). The lowest BCUT2D eigenvalue weighted by atomic mass is 10.2. The summed E-state index contributed by atoms with van der Waals surface area (Å²) in [5.41, 5.74) is 0.128. The van der Waals surface area contributed by atoms with E-state index in [-0.39, 0.29) is 18.4 Å². The van der Waals surface area contributed by atoms with Crippen LogP contribution in [0.25, 0.3) is 0 Å². The van der Waals surface area contributed by atoms with Crippen molar-refractivity contribution < 1.29 is 27.5 Å². The Labute approximate surface area is 153 Å². The highest BCUT2D eigenvalue weighted by atomic mass is 19.4. The number of rotatable bonds is 6. The van der Waals surface area contributed by atoms with Crippen molar-refractivity contribution in [1.82, 2.24) is 5.32 Å². The Morgan fingerprint density at radius 3 is 2.22 bits per heavy atom. The molecule has 6 nitrogen and oxygen atoms in total. The molecule has 3 amide bonds. The predicted octanol–water partition coefficient (Wildman–Crippen LogP) is 3.86. The highest BCUT2D eigenvalue weighted by molar-refractivity contribution is 5.94. The molecule has 0 heterocycles.